The fraction of sp³-hybridized carbons (Fsp3) is 0.583. The Morgan fingerprint density at radius 3 is 2.47 bits per heavy atom. The summed E-state index contributed by atoms with van der Waals surface area (Å²) in [5.74, 6) is 0.854. The summed E-state index contributed by atoms with van der Waals surface area (Å²) in [6.07, 6.45) is 6.33. The minimum atomic E-state index is 0.128. The van der Waals surface area contributed by atoms with Crippen LogP contribution in [0.5, 0.6) is 0 Å². The number of amides is 1. The summed E-state index contributed by atoms with van der Waals surface area (Å²) in [5, 5.41) is 0. The van der Waals surface area contributed by atoms with Crippen LogP contribution in [-0.4, -0.2) is 23.9 Å². The predicted octanol–water partition coefficient (Wildman–Crippen LogP) is 2.60. The van der Waals surface area contributed by atoms with Crippen molar-refractivity contribution in [1.29, 1.82) is 0 Å². The highest BCUT2D eigenvalue weighted by Crippen LogP contribution is 2.16. The summed E-state index contributed by atoms with van der Waals surface area (Å²) in [5.41, 5.74) is 0.719. The van der Waals surface area contributed by atoms with Gasteiger partial charge in [0, 0.05) is 13.1 Å². The van der Waals surface area contributed by atoms with Gasteiger partial charge >= 0.3 is 0 Å². The molecule has 0 N–H and O–H groups in total. The van der Waals surface area contributed by atoms with E-state index in [9.17, 15) is 4.79 Å². The van der Waals surface area contributed by atoms with Crippen LogP contribution in [0.3, 0.4) is 0 Å². The van der Waals surface area contributed by atoms with E-state index in [1.165, 1.54) is 12.8 Å². The molecule has 1 aliphatic rings. The molecule has 1 aromatic rings. The van der Waals surface area contributed by atoms with Crippen LogP contribution in [-0.2, 0) is 0 Å². The van der Waals surface area contributed by atoms with E-state index in [4.69, 9.17) is 4.42 Å². The van der Waals surface area contributed by atoms with Crippen molar-refractivity contribution >= 4 is 5.91 Å². The van der Waals surface area contributed by atoms with Crippen molar-refractivity contribution in [3.05, 3.63) is 23.7 Å². The standard InChI is InChI=1S/C12H17NO2/c1-10-11(6-9-15-10)12(14)13-7-4-2-3-5-8-13/h6,9H,2-5,7-8H2,1H3. The number of furan rings is 1. The zero-order chi connectivity index (χ0) is 10.7. The summed E-state index contributed by atoms with van der Waals surface area (Å²) < 4.78 is 5.16. The molecule has 0 saturated carbocycles. The van der Waals surface area contributed by atoms with E-state index >= 15 is 0 Å². The molecule has 82 valence electrons. The molecule has 1 saturated heterocycles. The molecule has 0 aromatic carbocycles. The highest BCUT2D eigenvalue weighted by atomic mass is 16.3. The van der Waals surface area contributed by atoms with Gasteiger partial charge in [-0.25, -0.2) is 0 Å². The summed E-state index contributed by atoms with van der Waals surface area (Å²) in [7, 11) is 0. The van der Waals surface area contributed by atoms with Crippen LogP contribution < -0.4 is 0 Å². The third kappa shape index (κ3) is 2.22. The lowest BCUT2D eigenvalue weighted by atomic mass is 10.2. The molecule has 0 aliphatic carbocycles. The van der Waals surface area contributed by atoms with Gasteiger partial charge in [-0.1, -0.05) is 12.8 Å². The van der Waals surface area contributed by atoms with Crippen molar-refractivity contribution in [2.45, 2.75) is 32.6 Å². The highest BCUT2D eigenvalue weighted by Gasteiger charge is 2.19. The molecule has 0 spiro atoms. The Bertz CT molecular complexity index is 335. The van der Waals surface area contributed by atoms with Gasteiger partial charge in [0.25, 0.3) is 5.91 Å². The number of aryl methyl sites for hydroxylation is 1. The Kier molecular flexibility index (Phi) is 3.09. The van der Waals surface area contributed by atoms with Gasteiger partial charge in [-0.05, 0) is 25.8 Å². The molecule has 0 bridgehead atoms. The Balaban J connectivity index is 2.09. The summed E-state index contributed by atoms with van der Waals surface area (Å²) in [6, 6.07) is 1.77. The van der Waals surface area contributed by atoms with E-state index in [0.717, 1.165) is 37.3 Å². The summed E-state index contributed by atoms with van der Waals surface area (Å²) in [6.45, 7) is 3.62. The van der Waals surface area contributed by atoms with Crippen molar-refractivity contribution in [2.75, 3.05) is 13.1 Å². The second kappa shape index (κ2) is 4.51. The molecular formula is C12H17NO2. The monoisotopic (exact) mass is 207 g/mol. The molecule has 3 heteroatoms. The normalized spacial score (nSPS) is 17.5. The second-order valence-electron chi connectivity index (χ2n) is 4.10. The third-order valence-corrected chi connectivity index (χ3v) is 2.98. The topological polar surface area (TPSA) is 33.5 Å². The molecule has 3 nitrogen and oxygen atoms in total. The van der Waals surface area contributed by atoms with Crippen LogP contribution in [0.4, 0.5) is 0 Å². The van der Waals surface area contributed by atoms with Gasteiger partial charge in [-0.2, -0.15) is 0 Å². The molecular weight excluding hydrogens is 190 g/mol. The van der Waals surface area contributed by atoms with Gasteiger partial charge in [-0.3, -0.25) is 4.79 Å². The number of rotatable bonds is 1. The van der Waals surface area contributed by atoms with Crippen LogP contribution in [0.1, 0.15) is 41.8 Å². The number of hydrogen-bond acceptors (Lipinski definition) is 2. The van der Waals surface area contributed by atoms with E-state index in [-0.39, 0.29) is 5.91 Å². The molecule has 1 amide bonds. The van der Waals surface area contributed by atoms with Crippen LogP contribution in [0.15, 0.2) is 16.7 Å². The quantitative estimate of drug-likeness (QED) is 0.709. The smallest absolute Gasteiger partial charge is 0.257 e. The van der Waals surface area contributed by atoms with E-state index in [1.54, 1.807) is 12.3 Å². The van der Waals surface area contributed by atoms with Crippen molar-refractivity contribution in [3.8, 4) is 0 Å². The van der Waals surface area contributed by atoms with E-state index < -0.39 is 0 Å². The first-order chi connectivity index (χ1) is 7.29. The maximum absolute atomic E-state index is 12.1. The number of likely N-dealkylation sites (tertiary alicyclic amines) is 1. The molecule has 1 aliphatic heterocycles. The average Bonchev–Trinajstić information content (AvgIpc) is 2.53. The Morgan fingerprint density at radius 1 is 1.27 bits per heavy atom. The van der Waals surface area contributed by atoms with Crippen molar-refractivity contribution in [1.82, 2.24) is 4.90 Å². The van der Waals surface area contributed by atoms with E-state index in [2.05, 4.69) is 0 Å². The fourth-order valence-electron chi connectivity index (χ4n) is 2.05. The first kappa shape index (κ1) is 10.3. The Morgan fingerprint density at radius 2 is 1.93 bits per heavy atom. The largest absolute Gasteiger partial charge is 0.469 e. The minimum Gasteiger partial charge on any atom is -0.469 e. The van der Waals surface area contributed by atoms with E-state index in [0.29, 0.717) is 0 Å². The van der Waals surface area contributed by atoms with Crippen molar-refractivity contribution in [2.24, 2.45) is 0 Å². The predicted molar refractivity (Wildman–Crippen MR) is 57.8 cm³/mol. The third-order valence-electron chi connectivity index (χ3n) is 2.98. The average molecular weight is 207 g/mol. The van der Waals surface area contributed by atoms with Crippen molar-refractivity contribution in [3.63, 3.8) is 0 Å². The lowest BCUT2D eigenvalue weighted by molar-refractivity contribution is 0.0760. The molecule has 2 rings (SSSR count). The number of nitrogens with zero attached hydrogens (tertiary/aromatic N) is 1. The van der Waals surface area contributed by atoms with Crippen LogP contribution in [0.25, 0.3) is 0 Å². The maximum Gasteiger partial charge on any atom is 0.257 e. The molecule has 15 heavy (non-hydrogen) atoms. The number of carbonyl (C=O) groups excluding carboxylic acids is 1. The minimum absolute atomic E-state index is 0.128. The first-order valence-electron chi connectivity index (χ1n) is 5.62. The zero-order valence-corrected chi connectivity index (χ0v) is 9.16. The number of carbonyl (C=O) groups is 1. The summed E-state index contributed by atoms with van der Waals surface area (Å²) in [4.78, 5) is 14.0. The maximum atomic E-state index is 12.1. The van der Waals surface area contributed by atoms with E-state index in [1.807, 2.05) is 11.8 Å². The van der Waals surface area contributed by atoms with Crippen LogP contribution >= 0.6 is 0 Å². The molecule has 0 atom stereocenters. The molecule has 2 heterocycles. The van der Waals surface area contributed by atoms with Gasteiger partial charge < -0.3 is 9.32 Å². The molecule has 1 fully saturated rings. The van der Waals surface area contributed by atoms with Crippen LogP contribution in [0, 0.1) is 6.92 Å². The Labute approximate surface area is 90.1 Å². The van der Waals surface area contributed by atoms with Gasteiger partial charge in [0.15, 0.2) is 0 Å². The second-order valence-corrected chi connectivity index (χ2v) is 4.10. The summed E-state index contributed by atoms with van der Waals surface area (Å²) >= 11 is 0. The van der Waals surface area contributed by atoms with Crippen molar-refractivity contribution < 1.29 is 9.21 Å². The molecule has 1 aromatic heterocycles. The van der Waals surface area contributed by atoms with Gasteiger partial charge in [0.2, 0.25) is 0 Å². The fourth-order valence-corrected chi connectivity index (χ4v) is 2.05. The molecule has 0 unspecified atom stereocenters. The van der Waals surface area contributed by atoms with Gasteiger partial charge in [-0.15, -0.1) is 0 Å². The number of hydrogen-bond donors (Lipinski definition) is 0. The Hall–Kier alpha value is -1.25. The van der Waals surface area contributed by atoms with Crippen LogP contribution in [0.2, 0.25) is 0 Å². The lowest BCUT2D eigenvalue weighted by Gasteiger charge is -2.19. The highest BCUT2D eigenvalue weighted by molar-refractivity contribution is 5.95. The zero-order valence-electron chi connectivity index (χ0n) is 9.16. The van der Waals surface area contributed by atoms with Gasteiger partial charge in [0.1, 0.15) is 5.76 Å². The lowest BCUT2D eigenvalue weighted by Crippen LogP contribution is -2.31. The SMILES string of the molecule is Cc1occc1C(=O)N1CCCCCC1. The first-order valence-corrected chi connectivity index (χ1v) is 5.62. The van der Waals surface area contributed by atoms with Gasteiger partial charge in [0.05, 0.1) is 11.8 Å². The molecule has 0 radical (unpaired) electrons.